The van der Waals surface area contributed by atoms with Gasteiger partial charge in [-0.3, -0.25) is 4.90 Å². The van der Waals surface area contributed by atoms with Gasteiger partial charge >= 0.3 is 6.09 Å². The number of ether oxygens (including phenoxy) is 1. The summed E-state index contributed by atoms with van der Waals surface area (Å²) < 4.78 is 5.62. The van der Waals surface area contributed by atoms with E-state index in [0.717, 1.165) is 36.8 Å². The number of nitrogens with zero attached hydrogens (tertiary/aromatic N) is 1. The normalized spacial score (nSPS) is 23.7. The second kappa shape index (κ2) is 6.60. The molecule has 4 nitrogen and oxygen atoms in total. The molecule has 1 aromatic rings. The van der Waals surface area contributed by atoms with E-state index in [2.05, 4.69) is 12.1 Å². The molecule has 0 aliphatic carbocycles. The smallest absolute Gasteiger partial charge is 0.411 e. The zero-order valence-corrected chi connectivity index (χ0v) is 14.8. The number of amides is 1. The topological polar surface area (TPSA) is 49.8 Å². The van der Waals surface area contributed by atoms with Gasteiger partial charge in [0.1, 0.15) is 5.60 Å². The molecule has 1 saturated heterocycles. The first kappa shape index (κ1) is 17.0. The summed E-state index contributed by atoms with van der Waals surface area (Å²) >= 11 is 0. The zero-order chi connectivity index (χ0) is 17.3. The maximum Gasteiger partial charge on any atom is 0.411 e. The Hall–Kier alpha value is -1.81. The van der Waals surface area contributed by atoms with Crippen LogP contribution in [0.15, 0.2) is 30.3 Å². The average Bonchev–Trinajstić information content (AvgIpc) is 2.52. The van der Waals surface area contributed by atoms with Gasteiger partial charge in [-0.2, -0.15) is 0 Å². The highest BCUT2D eigenvalue weighted by Gasteiger charge is 2.39. The van der Waals surface area contributed by atoms with Gasteiger partial charge in [0.05, 0.1) is 12.6 Å². The van der Waals surface area contributed by atoms with Gasteiger partial charge in [-0.15, -0.1) is 0 Å². The van der Waals surface area contributed by atoms with Gasteiger partial charge in [-0.25, -0.2) is 4.79 Å². The van der Waals surface area contributed by atoms with Crippen LogP contribution in [0.5, 0.6) is 0 Å². The van der Waals surface area contributed by atoms with E-state index in [1.54, 1.807) is 0 Å². The number of aliphatic hydroxyl groups is 1. The summed E-state index contributed by atoms with van der Waals surface area (Å²) in [4.78, 5) is 14.6. The number of piperidine rings is 1. The summed E-state index contributed by atoms with van der Waals surface area (Å²) in [6.45, 7) is 5.78. The number of hydrogen-bond donors (Lipinski definition) is 1. The Bertz CT molecular complexity index is 645. The summed E-state index contributed by atoms with van der Waals surface area (Å²) in [5.74, 6) is 0. The molecular weight excluding hydrogens is 302 g/mol. The van der Waals surface area contributed by atoms with E-state index in [-0.39, 0.29) is 24.8 Å². The van der Waals surface area contributed by atoms with Crippen LogP contribution in [0.2, 0.25) is 0 Å². The van der Waals surface area contributed by atoms with Crippen LogP contribution in [0, 0.1) is 0 Å². The molecule has 2 heterocycles. The third kappa shape index (κ3) is 3.64. The van der Waals surface area contributed by atoms with E-state index >= 15 is 0 Å². The van der Waals surface area contributed by atoms with Gasteiger partial charge in [0, 0.05) is 6.04 Å². The molecule has 1 amide bonds. The number of aliphatic hydroxyl groups excluding tert-OH is 1. The highest BCUT2D eigenvalue weighted by molar-refractivity contribution is 5.75. The van der Waals surface area contributed by atoms with Gasteiger partial charge in [0.2, 0.25) is 0 Å². The van der Waals surface area contributed by atoms with E-state index in [1.807, 2.05) is 43.9 Å². The first-order valence-corrected chi connectivity index (χ1v) is 8.79. The molecule has 1 N–H and O–H groups in total. The second-order valence-electron chi connectivity index (χ2n) is 7.79. The Balaban J connectivity index is 1.85. The maximum atomic E-state index is 12.6. The number of rotatable bonds is 2. The lowest BCUT2D eigenvalue weighted by molar-refractivity contribution is 0.0000852. The lowest BCUT2D eigenvalue weighted by Gasteiger charge is -2.45. The average molecular weight is 329 g/mol. The molecule has 24 heavy (non-hydrogen) atoms. The second-order valence-corrected chi connectivity index (χ2v) is 7.79. The van der Waals surface area contributed by atoms with E-state index < -0.39 is 5.60 Å². The van der Waals surface area contributed by atoms with Gasteiger partial charge in [0.15, 0.2) is 0 Å². The number of carbonyl (C=O) groups excluding carboxylic acids is 1. The Kier molecular flexibility index (Phi) is 4.68. The molecular formula is C20H27NO3. The summed E-state index contributed by atoms with van der Waals surface area (Å²) in [6.07, 6.45) is 6.03. The minimum absolute atomic E-state index is 0.0536. The van der Waals surface area contributed by atoms with Crippen LogP contribution in [-0.2, 0) is 11.3 Å². The van der Waals surface area contributed by atoms with Crippen LogP contribution in [0.3, 0.4) is 0 Å². The predicted molar refractivity (Wildman–Crippen MR) is 94.5 cm³/mol. The molecule has 2 unspecified atom stereocenters. The number of fused-ring (bicyclic) bond motifs is 2. The van der Waals surface area contributed by atoms with Crippen molar-refractivity contribution >= 4 is 11.7 Å². The molecule has 2 aliphatic heterocycles. The largest absolute Gasteiger partial charge is 0.444 e. The molecule has 130 valence electrons. The van der Waals surface area contributed by atoms with Crippen molar-refractivity contribution in [3.63, 3.8) is 0 Å². The van der Waals surface area contributed by atoms with Crippen molar-refractivity contribution in [3.05, 3.63) is 41.5 Å². The van der Waals surface area contributed by atoms with Crippen LogP contribution < -0.4 is 0 Å². The summed E-state index contributed by atoms with van der Waals surface area (Å²) in [6, 6.07) is 8.36. The van der Waals surface area contributed by atoms with E-state index in [9.17, 15) is 9.90 Å². The SMILES string of the molecule is CC(C)(C)OC(=O)N1C2C=C(c3cccc(CO)c3)CC1CCC2. The van der Waals surface area contributed by atoms with Crippen molar-refractivity contribution in [1.82, 2.24) is 4.90 Å². The Morgan fingerprint density at radius 1 is 1.33 bits per heavy atom. The standard InChI is InChI=1S/C20H27NO3/c1-20(2,3)24-19(23)21-17-8-5-9-18(21)12-16(11-17)15-7-4-6-14(10-15)13-22/h4,6-7,10-11,17-18,22H,5,8-9,12-13H2,1-3H3. The van der Waals surface area contributed by atoms with Crippen LogP contribution in [0.25, 0.3) is 5.57 Å². The monoisotopic (exact) mass is 329 g/mol. The lowest BCUT2D eigenvalue weighted by atomic mass is 9.83. The first-order valence-electron chi connectivity index (χ1n) is 8.79. The van der Waals surface area contributed by atoms with Crippen molar-refractivity contribution in [2.24, 2.45) is 0 Å². The summed E-state index contributed by atoms with van der Waals surface area (Å²) in [5, 5.41) is 9.36. The van der Waals surface area contributed by atoms with E-state index in [4.69, 9.17) is 4.74 Å². The van der Waals surface area contributed by atoms with Crippen molar-refractivity contribution in [2.45, 2.75) is 70.7 Å². The molecule has 2 atom stereocenters. The molecule has 0 radical (unpaired) electrons. The van der Waals surface area contributed by atoms with Crippen molar-refractivity contribution in [3.8, 4) is 0 Å². The summed E-state index contributed by atoms with van der Waals surface area (Å²) in [7, 11) is 0. The quantitative estimate of drug-likeness (QED) is 0.888. The molecule has 1 aromatic carbocycles. The van der Waals surface area contributed by atoms with Gasteiger partial charge < -0.3 is 9.84 Å². The van der Waals surface area contributed by atoms with Crippen LogP contribution in [-0.4, -0.2) is 33.8 Å². The van der Waals surface area contributed by atoms with Crippen molar-refractivity contribution in [1.29, 1.82) is 0 Å². The highest BCUT2D eigenvalue weighted by Crippen LogP contribution is 2.38. The number of benzene rings is 1. The molecule has 0 aromatic heterocycles. The third-order valence-electron chi connectivity index (χ3n) is 4.72. The van der Waals surface area contributed by atoms with Crippen molar-refractivity contribution in [2.75, 3.05) is 0 Å². The van der Waals surface area contributed by atoms with E-state index in [0.29, 0.717) is 0 Å². The fourth-order valence-electron chi connectivity index (χ4n) is 3.71. The minimum atomic E-state index is -0.467. The summed E-state index contributed by atoms with van der Waals surface area (Å²) in [5.41, 5.74) is 2.89. The molecule has 0 saturated carbocycles. The third-order valence-corrected chi connectivity index (χ3v) is 4.72. The molecule has 3 rings (SSSR count). The van der Waals surface area contributed by atoms with Crippen LogP contribution in [0.4, 0.5) is 4.79 Å². The lowest BCUT2D eigenvalue weighted by Crippen LogP contribution is -2.53. The van der Waals surface area contributed by atoms with Crippen LogP contribution in [0.1, 0.15) is 57.6 Å². The van der Waals surface area contributed by atoms with Crippen molar-refractivity contribution < 1.29 is 14.6 Å². The van der Waals surface area contributed by atoms with Gasteiger partial charge in [-0.05, 0) is 69.2 Å². The molecule has 1 fully saturated rings. The molecule has 4 heteroatoms. The van der Waals surface area contributed by atoms with Crippen LogP contribution >= 0.6 is 0 Å². The highest BCUT2D eigenvalue weighted by atomic mass is 16.6. The van der Waals surface area contributed by atoms with Gasteiger partial charge in [0.25, 0.3) is 0 Å². The van der Waals surface area contributed by atoms with Gasteiger partial charge in [-0.1, -0.05) is 24.3 Å². The number of carbonyl (C=O) groups is 1. The predicted octanol–water partition coefficient (Wildman–Crippen LogP) is 4.12. The fourth-order valence-corrected chi connectivity index (χ4v) is 3.71. The van der Waals surface area contributed by atoms with E-state index in [1.165, 1.54) is 5.57 Å². The Morgan fingerprint density at radius 3 is 2.79 bits per heavy atom. The number of hydrogen-bond acceptors (Lipinski definition) is 3. The molecule has 2 bridgehead atoms. The Labute approximate surface area is 144 Å². The molecule has 2 aliphatic rings. The minimum Gasteiger partial charge on any atom is -0.444 e. The fraction of sp³-hybridized carbons (Fsp3) is 0.550. The Morgan fingerprint density at radius 2 is 2.12 bits per heavy atom. The molecule has 0 spiro atoms. The zero-order valence-electron chi connectivity index (χ0n) is 14.8. The maximum absolute atomic E-state index is 12.6. The first-order chi connectivity index (χ1) is 11.4.